The molecule has 24 heavy (non-hydrogen) atoms. The first-order chi connectivity index (χ1) is 11.8. The van der Waals surface area contributed by atoms with Crippen molar-refractivity contribution in [3.05, 3.63) is 76.5 Å². The number of fused-ring (bicyclic) bond motifs is 1. The Labute approximate surface area is 142 Å². The maximum absolute atomic E-state index is 12.9. The lowest BCUT2D eigenvalue weighted by molar-refractivity contribution is 0.579. The summed E-state index contributed by atoms with van der Waals surface area (Å²) in [6, 6.07) is 9.62. The van der Waals surface area contributed by atoms with Gasteiger partial charge in [0.1, 0.15) is 0 Å². The molecule has 0 radical (unpaired) electrons. The highest BCUT2D eigenvalue weighted by molar-refractivity contribution is 7.17. The van der Waals surface area contributed by atoms with E-state index in [0.717, 1.165) is 26.9 Å². The highest BCUT2D eigenvalue weighted by Gasteiger charge is 2.13. The van der Waals surface area contributed by atoms with Crippen molar-refractivity contribution in [1.29, 1.82) is 0 Å². The molecule has 0 amide bonds. The average Bonchev–Trinajstić information content (AvgIpc) is 3.08. The van der Waals surface area contributed by atoms with Crippen LogP contribution in [0.25, 0.3) is 21.2 Å². The minimum absolute atomic E-state index is 0.0588. The summed E-state index contributed by atoms with van der Waals surface area (Å²) < 4.78 is 2.43. The van der Waals surface area contributed by atoms with E-state index in [1.165, 1.54) is 16.0 Å². The second kappa shape index (κ2) is 6.33. The molecule has 0 aliphatic rings. The summed E-state index contributed by atoms with van der Waals surface area (Å²) in [6.45, 7) is 0.511. The number of thiophene rings is 1. The molecule has 0 aliphatic carbocycles. The Morgan fingerprint density at radius 3 is 2.75 bits per heavy atom. The van der Waals surface area contributed by atoms with Gasteiger partial charge in [0.2, 0.25) is 0 Å². The zero-order valence-electron chi connectivity index (χ0n) is 12.8. The molecule has 0 fully saturated rings. The Kier molecular flexibility index (Phi) is 3.88. The molecule has 6 heteroatoms. The molecule has 0 bridgehead atoms. The molecular formula is C18H14N4OS. The number of nitrogens with zero attached hydrogens (tertiary/aromatic N) is 4. The minimum atomic E-state index is -0.0588. The van der Waals surface area contributed by atoms with Gasteiger partial charge < -0.3 is 0 Å². The van der Waals surface area contributed by atoms with Crippen molar-refractivity contribution in [1.82, 2.24) is 19.7 Å². The molecule has 118 valence electrons. The second-order valence-electron chi connectivity index (χ2n) is 5.37. The normalized spacial score (nSPS) is 11.0. The lowest BCUT2D eigenvalue weighted by Crippen LogP contribution is -2.23. The molecule has 4 aromatic rings. The van der Waals surface area contributed by atoms with Crippen molar-refractivity contribution < 1.29 is 0 Å². The minimum Gasteiger partial charge on any atom is -0.267 e. The van der Waals surface area contributed by atoms with Gasteiger partial charge in [-0.25, -0.2) is 4.68 Å². The maximum atomic E-state index is 12.9. The van der Waals surface area contributed by atoms with Crippen LogP contribution in [0.2, 0.25) is 0 Å². The van der Waals surface area contributed by atoms with E-state index in [2.05, 4.69) is 15.1 Å². The molecule has 0 unspecified atom stereocenters. The van der Waals surface area contributed by atoms with E-state index in [4.69, 9.17) is 0 Å². The number of hydrogen-bond donors (Lipinski definition) is 0. The summed E-state index contributed by atoms with van der Waals surface area (Å²) in [5.41, 5.74) is 2.83. The number of aromatic nitrogens is 4. The van der Waals surface area contributed by atoms with Crippen molar-refractivity contribution >= 4 is 21.4 Å². The largest absolute Gasteiger partial charge is 0.276 e. The van der Waals surface area contributed by atoms with Gasteiger partial charge in [0.05, 0.1) is 22.8 Å². The SMILES string of the molecule is O=c1c2c(-c3ccncc3)csc2cnn1CCc1ccccn1. The Morgan fingerprint density at radius 1 is 1.08 bits per heavy atom. The predicted octanol–water partition coefficient (Wildman–Crippen LogP) is 3.16. The standard InChI is InChI=1S/C18H14N4OS/c23-18-17-15(13-4-8-19-9-5-13)12-24-16(17)11-21-22(18)10-6-14-3-1-2-7-20-14/h1-5,7-9,11-12H,6,10H2. The maximum Gasteiger partial charge on any atom is 0.276 e. The smallest absolute Gasteiger partial charge is 0.267 e. The molecule has 4 rings (SSSR count). The van der Waals surface area contributed by atoms with Gasteiger partial charge in [0, 0.05) is 41.6 Å². The van der Waals surface area contributed by atoms with E-state index in [1.807, 2.05) is 35.7 Å². The van der Waals surface area contributed by atoms with Crippen LogP contribution in [0.15, 0.2) is 65.3 Å². The lowest BCUT2D eigenvalue weighted by atomic mass is 10.1. The Bertz CT molecular complexity index is 1030. The fourth-order valence-electron chi connectivity index (χ4n) is 2.66. The fourth-order valence-corrected chi connectivity index (χ4v) is 3.58. The molecule has 4 heterocycles. The lowest BCUT2D eigenvalue weighted by Gasteiger charge is -2.05. The number of hydrogen-bond acceptors (Lipinski definition) is 5. The molecule has 0 spiro atoms. The summed E-state index contributed by atoms with van der Waals surface area (Å²) in [4.78, 5) is 21.2. The Morgan fingerprint density at radius 2 is 1.96 bits per heavy atom. The third-order valence-electron chi connectivity index (χ3n) is 3.88. The summed E-state index contributed by atoms with van der Waals surface area (Å²) >= 11 is 1.54. The summed E-state index contributed by atoms with van der Waals surface area (Å²) in [6.07, 6.45) is 7.67. The van der Waals surface area contributed by atoms with Gasteiger partial charge >= 0.3 is 0 Å². The van der Waals surface area contributed by atoms with Crippen molar-refractivity contribution in [3.8, 4) is 11.1 Å². The Hall–Kier alpha value is -2.86. The number of aryl methyl sites for hydroxylation is 2. The van der Waals surface area contributed by atoms with E-state index in [0.29, 0.717) is 13.0 Å². The van der Waals surface area contributed by atoms with Crippen LogP contribution in [0.3, 0.4) is 0 Å². The zero-order valence-corrected chi connectivity index (χ0v) is 13.6. The van der Waals surface area contributed by atoms with Crippen molar-refractivity contribution in [3.63, 3.8) is 0 Å². The molecule has 0 atom stereocenters. The molecule has 0 N–H and O–H groups in total. The van der Waals surface area contributed by atoms with Crippen LogP contribution < -0.4 is 5.56 Å². The highest BCUT2D eigenvalue weighted by atomic mass is 32.1. The van der Waals surface area contributed by atoms with Gasteiger partial charge in [0.15, 0.2) is 0 Å². The summed E-state index contributed by atoms with van der Waals surface area (Å²) in [7, 11) is 0. The van der Waals surface area contributed by atoms with Gasteiger partial charge in [-0.3, -0.25) is 14.8 Å². The Balaban J connectivity index is 1.73. The summed E-state index contributed by atoms with van der Waals surface area (Å²) in [5, 5.41) is 7.03. The van der Waals surface area contributed by atoms with Crippen LogP contribution in [0.4, 0.5) is 0 Å². The van der Waals surface area contributed by atoms with Crippen molar-refractivity contribution in [2.24, 2.45) is 0 Å². The third kappa shape index (κ3) is 2.72. The number of pyridine rings is 2. The molecule has 4 aromatic heterocycles. The van der Waals surface area contributed by atoms with E-state index < -0.39 is 0 Å². The third-order valence-corrected chi connectivity index (χ3v) is 4.80. The highest BCUT2D eigenvalue weighted by Crippen LogP contribution is 2.30. The molecule has 0 aliphatic heterocycles. The quantitative estimate of drug-likeness (QED) is 0.575. The van der Waals surface area contributed by atoms with Crippen molar-refractivity contribution in [2.45, 2.75) is 13.0 Å². The van der Waals surface area contributed by atoms with Crippen LogP contribution in [-0.2, 0) is 13.0 Å². The van der Waals surface area contributed by atoms with Crippen LogP contribution in [-0.4, -0.2) is 19.7 Å². The van der Waals surface area contributed by atoms with Crippen LogP contribution >= 0.6 is 11.3 Å². The van der Waals surface area contributed by atoms with Crippen LogP contribution in [0.5, 0.6) is 0 Å². The van der Waals surface area contributed by atoms with Gasteiger partial charge in [0.25, 0.3) is 5.56 Å². The molecule has 5 nitrogen and oxygen atoms in total. The van der Waals surface area contributed by atoms with Gasteiger partial charge in [-0.1, -0.05) is 6.07 Å². The van der Waals surface area contributed by atoms with Crippen LogP contribution in [0, 0.1) is 0 Å². The summed E-state index contributed by atoms with van der Waals surface area (Å²) in [5.74, 6) is 0. The van der Waals surface area contributed by atoms with Gasteiger partial charge in [-0.2, -0.15) is 5.10 Å². The molecule has 0 saturated heterocycles. The number of rotatable bonds is 4. The van der Waals surface area contributed by atoms with Crippen LogP contribution in [0.1, 0.15) is 5.69 Å². The van der Waals surface area contributed by atoms with Crippen molar-refractivity contribution in [2.75, 3.05) is 0 Å². The monoisotopic (exact) mass is 334 g/mol. The first-order valence-corrected chi connectivity index (χ1v) is 8.48. The average molecular weight is 334 g/mol. The van der Waals surface area contributed by atoms with E-state index >= 15 is 0 Å². The zero-order chi connectivity index (χ0) is 16.4. The first-order valence-electron chi connectivity index (χ1n) is 7.60. The topological polar surface area (TPSA) is 60.7 Å². The van der Waals surface area contributed by atoms with E-state index in [1.54, 1.807) is 24.8 Å². The van der Waals surface area contributed by atoms with Gasteiger partial charge in [-0.15, -0.1) is 11.3 Å². The second-order valence-corrected chi connectivity index (χ2v) is 6.28. The fraction of sp³-hybridized carbons (Fsp3) is 0.111. The van der Waals surface area contributed by atoms with Gasteiger partial charge in [-0.05, 0) is 29.8 Å². The predicted molar refractivity (Wildman–Crippen MR) is 95.1 cm³/mol. The molecule has 0 aromatic carbocycles. The molecule has 0 saturated carbocycles. The van der Waals surface area contributed by atoms with E-state index in [-0.39, 0.29) is 5.56 Å². The molecular weight excluding hydrogens is 320 g/mol. The van der Waals surface area contributed by atoms with E-state index in [9.17, 15) is 4.79 Å². The first kappa shape index (κ1) is 14.7.